The van der Waals surface area contributed by atoms with Crippen LogP contribution in [0.2, 0.25) is 5.02 Å². The lowest BCUT2D eigenvalue weighted by Crippen LogP contribution is -2.39. The van der Waals surface area contributed by atoms with E-state index >= 15 is 0 Å². The summed E-state index contributed by atoms with van der Waals surface area (Å²) in [5.74, 6) is 1.25. The molecule has 7 rings (SSSR count). The quantitative estimate of drug-likeness (QED) is 0.210. The first-order valence-corrected chi connectivity index (χ1v) is 16.4. The largest absolute Gasteiger partial charge is 0.490 e. The third-order valence-corrected chi connectivity index (χ3v) is 9.34. The fourth-order valence-corrected chi connectivity index (χ4v) is 6.70. The summed E-state index contributed by atoms with van der Waals surface area (Å²) in [4.78, 5) is 30.5. The average molecular weight is 633 g/mol. The van der Waals surface area contributed by atoms with Crippen molar-refractivity contribution in [2.24, 2.45) is 5.92 Å². The molecule has 6 nitrogen and oxygen atoms in total. The number of halogens is 1. The summed E-state index contributed by atoms with van der Waals surface area (Å²) >= 11 is 6.07. The van der Waals surface area contributed by atoms with Gasteiger partial charge in [-0.1, -0.05) is 71.8 Å². The van der Waals surface area contributed by atoms with Crippen molar-refractivity contribution in [2.75, 3.05) is 16.8 Å². The van der Waals surface area contributed by atoms with Crippen molar-refractivity contribution in [1.29, 1.82) is 0 Å². The molecule has 1 heterocycles. The SMILES string of the molecule is CCOc1cc([C@@H]2C3=C(C[C@H](c4ccc(C)cc4)CC3=O)Nc3ccccc3N2C(=O)C2CC2)ccc1OCc1ccc(Cl)cc1. The highest BCUT2D eigenvalue weighted by Gasteiger charge is 2.45. The van der Waals surface area contributed by atoms with Crippen LogP contribution in [0.4, 0.5) is 11.4 Å². The molecule has 0 bridgehead atoms. The highest BCUT2D eigenvalue weighted by Crippen LogP contribution is 2.50. The van der Waals surface area contributed by atoms with Crippen LogP contribution < -0.4 is 19.7 Å². The predicted molar refractivity (Wildman–Crippen MR) is 182 cm³/mol. The van der Waals surface area contributed by atoms with E-state index in [-0.39, 0.29) is 23.5 Å². The topological polar surface area (TPSA) is 67.9 Å². The van der Waals surface area contributed by atoms with Crippen LogP contribution in [0.1, 0.15) is 66.8 Å². The molecule has 1 saturated carbocycles. The number of carbonyl (C=O) groups excluding carboxylic acids is 2. The molecule has 4 aromatic rings. The van der Waals surface area contributed by atoms with Gasteiger partial charge in [-0.2, -0.15) is 0 Å². The zero-order valence-corrected chi connectivity index (χ0v) is 26.8. The number of fused-ring (bicyclic) bond motifs is 1. The van der Waals surface area contributed by atoms with Gasteiger partial charge in [-0.3, -0.25) is 14.5 Å². The molecule has 3 aliphatic rings. The van der Waals surface area contributed by atoms with E-state index < -0.39 is 6.04 Å². The van der Waals surface area contributed by atoms with E-state index in [9.17, 15) is 9.59 Å². The normalized spacial score (nSPS) is 19.1. The Labute approximate surface area is 275 Å². The number of para-hydroxylation sites is 2. The van der Waals surface area contributed by atoms with Gasteiger partial charge in [0.05, 0.1) is 24.0 Å². The van der Waals surface area contributed by atoms with Crippen molar-refractivity contribution in [2.45, 2.75) is 58.1 Å². The van der Waals surface area contributed by atoms with E-state index in [0.29, 0.717) is 48.2 Å². The molecule has 0 spiro atoms. The number of hydrogen-bond donors (Lipinski definition) is 1. The van der Waals surface area contributed by atoms with Gasteiger partial charge >= 0.3 is 0 Å². The van der Waals surface area contributed by atoms with E-state index in [1.54, 1.807) is 0 Å². The van der Waals surface area contributed by atoms with Gasteiger partial charge in [0.2, 0.25) is 5.91 Å². The Hall–Kier alpha value is -4.55. The molecule has 1 N–H and O–H groups in total. The number of ketones is 1. The van der Waals surface area contributed by atoms with E-state index in [1.807, 2.05) is 78.6 Å². The summed E-state index contributed by atoms with van der Waals surface area (Å²) in [6.07, 6.45) is 2.76. The average Bonchev–Trinajstić information content (AvgIpc) is 3.92. The Balaban J connectivity index is 1.33. The van der Waals surface area contributed by atoms with Crippen LogP contribution in [0.3, 0.4) is 0 Å². The maximum Gasteiger partial charge on any atom is 0.231 e. The van der Waals surface area contributed by atoms with Gasteiger partial charge in [0.15, 0.2) is 17.3 Å². The van der Waals surface area contributed by atoms with Gasteiger partial charge in [0.1, 0.15) is 6.61 Å². The second-order valence-electron chi connectivity index (χ2n) is 12.4. The van der Waals surface area contributed by atoms with Crippen molar-refractivity contribution in [1.82, 2.24) is 0 Å². The lowest BCUT2D eigenvalue weighted by molar-refractivity contribution is -0.120. The van der Waals surface area contributed by atoms with E-state index in [2.05, 4.69) is 36.5 Å². The molecule has 0 radical (unpaired) electrons. The van der Waals surface area contributed by atoms with Crippen LogP contribution in [0, 0.1) is 12.8 Å². The minimum Gasteiger partial charge on any atom is -0.490 e. The van der Waals surface area contributed by atoms with Gasteiger partial charge in [-0.15, -0.1) is 0 Å². The van der Waals surface area contributed by atoms with Gasteiger partial charge < -0.3 is 14.8 Å². The van der Waals surface area contributed by atoms with Crippen molar-refractivity contribution < 1.29 is 19.1 Å². The number of carbonyl (C=O) groups is 2. The first-order valence-electron chi connectivity index (χ1n) is 16.1. The number of amides is 1. The Bertz CT molecular complexity index is 1810. The Morgan fingerprint density at radius 2 is 1.63 bits per heavy atom. The second kappa shape index (κ2) is 12.7. The number of rotatable bonds is 8. The second-order valence-corrected chi connectivity index (χ2v) is 12.8. The first-order chi connectivity index (χ1) is 22.4. The van der Waals surface area contributed by atoms with Crippen LogP contribution in [0.25, 0.3) is 0 Å². The number of hydrogen-bond acceptors (Lipinski definition) is 5. The molecule has 1 fully saturated rings. The molecular formula is C39H37ClN2O4. The lowest BCUT2D eigenvalue weighted by atomic mass is 9.78. The Kier molecular flexibility index (Phi) is 8.31. The smallest absolute Gasteiger partial charge is 0.231 e. The number of Topliss-reactive ketones (excluding diaryl/α,β-unsaturated/α-hetero) is 1. The third-order valence-electron chi connectivity index (χ3n) is 9.09. The van der Waals surface area contributed by atoms with Crippen LogP contribution in [-0.4, -0.2) is 18.3 Å². The molecule has 46 heavy (non-hydrogen) atoms. The summed E-state index contributed by atoms with van der Waals surface area (Å²) in [5.41, 5.74) is 7.24. The van der Waals surface area contributed by atoms with E-state index in [0.717, 1.165) is 46.6 Å². The monoisotopic (exact) mass is 632 g/mol. The number of anilines is 2. The molecule has 1 amide bonds. The standard InChI is InChI=1S/C39H37ClN2O4/c1-3-45-36-22-28(16-19-35(36)46-23-25-10-17-30(40)18-11-25)38-37-32(20-29(21-34(37)43)26-12-8-24(2)9-13-26)41-31-6-4-5-7-33(31)42(38)39(44)27-14-15-27/h4-13,16-19,22,27,29,38,41H,3,14-15,20-21,23H2,1-2H3/t29-,38+/m0/s1. The van der Waals surface area contributed by atoms with Crippen molar-refractivity contribution >= 4 is 34.7 Å². The number of benzene rings is 4. The minimum absolute atomic E-state index is 0.0421. The zero-order valence-electron chi connectivity index (χ0n) is 26.1. The Morgan fingerprint density at radius 3 is 2.37 bits per heavy atom. The highest BCUT2D eigenvalue weighted by molar-refractivity contribution is 6.30. The summed E-state index contributed by atoms with van der Waals surface area (Å²) in [6, 6.07) is 29.1. The van der Waals surface area contributed by atoms with Crippen LogP contribution >= 0.6 is 11.6 Å². The molecule has 234 valence electrons. The molecule has 0 saturated heterocycles. The van der Waals surface area contributed by atoms with Crippen LogP contribution in [-0.2, 0) is 16.2 Å². The third kappa shape index (κ3) is 6.02. The summed E-state index contributed by atoms with van der Waals surface area (Å²) < 4.78 is 12.3. The lowest BCUT2D eigenvalue weighted by Gasteiger charge is -2.35. The highest BCUT2D eigenvalue weighted by atomic mass is 35.5. The van der Waals surface area contributed by atoms with Crippen LogP contribution in [0.5, 0.6) is 11.5 Å². The molecule has 2 atom stereocenters. The fourth-order valence-electron chi connectivity index (χ4n) is 6.57. The molecule has 4 aromatic carbocycles. The molecule has 2 aliphatic carbocycles. The van der Waals surface area contributed by atoms with Crippen molar-refractivity contribution in [3.63, 3.8) is 0 Å². The molecule has 1 aliphatic heterocycles. The minimum atomic E-state index is -0.616. The number of allylic oxidation sites excluding steroid dienone is 1. The number of nitrogens with one attached hydrogen (secondary N) is 1. The van der Waals surface area contributed by atoms with Crippen molar-refractivity contribution in [3.8, 4) is 11.5 Å². The molecule has 0 unspecified atom stereocenters. The molecule has 7 heteroatoms. The van der Waals surface area contributed by atoms with Gasteiger partial charge in [-0.05, 0) is 92.1 Å². The van der Waals surface area contributed by atoms with Gasteiger partial charge in [0, 0.05) is 28.6 Å². The maximum absolute atomic E-state index is 14.4. The van der Waals surface area contributed by atoms with Gasteiger partial charge in [0.25, 0.3) is 0 Å². The van der Waals surface area contributed by atoms with Crippen LogP contribution in [0.15, 0.2) is 102 Å². The predicted octanol–water partition coefficient (Wildman–Crippen LogP) is 8.94. The van der Waals surface area contributed by atoms with E-state index in [1.165, 1.54) is 5.56 Å². The van der Waals surface area contributed by atoms with E-state index in [4.69, 9.17) is 21.1 Å². The molecule has 0 aromatic heterocycles. The van der Waals surface area contributed by atoms with Gasteiger partial charge in [-0.25, -0.2) is 0 Å². The Morgan fingerprint density at radius 1 is 0.891 bits per heavy atom. The summed E-state index contributed by atoms with van der Waals surface area (Å²) in [7, 11) is 0. The summed E-state index contributed by atoms with van der Waals surface area (Å²) in [5, 5.41) is 4.31. The zero-order chi connectivity index (χ0) is 31.8. The number of ether oxygens (including phenoxy) is 2. The number of aryl methyl sites for hydroxylation is 1. The first kappa shape index (κ1) is 30.1. The maximum atomic E-state index is 14.4. The fraction of sp³-hybridized carbons (Fsp3) is 0.282. The molecular weight excluding hydrogens is 596 g/mol. The van der Waals surface area contributed by atoms with Crippen molar-refractivity contribution in [3.05, 3.63) is 130 Å². The number of nitrogens with zero attached hydrogens (tertiary/aromatic N) is 1. The summed E-state index contributed by atoms with van der Waals surface area (Å²) in [6.45, 7) is 4.78.